The van der Waals surface area contributed by atoms with Gasteiger partial charge in [0.25, 0.3) is 0 Å². The molecule has 0 unspecified atom stereocenters. The average Bonchev–Trinajstić information content (AvgIpc) is 3.04. The number of hydrogen-bond acceptors (Lipinski definition) is 5. The molecule has 1 aromatic heterocycles. The maximum Gasteiger partial charge on any atom is 0.143 e. The maximum absolute atomic E-state index is 5.42. The van der Waals surface area contributed by atoms with E-state index < -0.39 is 0 Å². The Bertz CT molecular complexity index is 576. The number of ether oxygens (including phenoxy) is 1. The van der Waals surface area contributed by atoms with Gasteiger partial charge in [0.05, 0.1) is 11.8 Å². The number of anilines is 1. The normalized spacial score (nSPS) is 22.2. The highest BCUT2D eigenvalue weighted by atomic mass is 16.5. The molecule has 0 radical (unpaired) electrons. The molecule has 0 atom stereocenters. The maximum atomic E-state index is 5.42. The monoisotopic (exact) mass is 287 g/mol. The van der Waals surface area contributed by atoms with Gasteiger partial charge >= 0.3 is 0 Å². The summed E-state index contributed by atoms with van der Waals surface area (Å²) in [5.41, 5.74) is 3.28. The van der Waals surface area contributed by atoms with Gasteiger partial charge in [0, 0.05) is 18.8 Å². The van der Waals surface area contributed by atoms with Gasteiger partial charge in [-0.2, -0.15) is 0 Å². The van der Waals surface area contributed by atoms with Gasteiger partial charge in [-0.05, 0) is 60.7 Å². The molecule has 0 spiro atoms. The fourth-order valence-electron chi connectivity index (χ4n) is 2.90. The van der Waals surface area contributed by atoms with Crippen molar-refractivity contribution in [2.45, 2.75) is 44.8 Å². The van der Waals surface area contributed by atoms with Crippen molar-refractivity contribution < 1.29 is 4.74 Å². The molecule has 0 amide bonds. The van der Waals surface area contributed by atoms with Gasteiger partial charge in [0.2, 0.25) is 0 Å². The van der Waals surface area contributed by atoms with Crippen LogP contribution < -0.4 is 5.32 Å². The third-order valence-electron chi connectivity index (χ3n) is 4.18. The Morgan fingerprint density at radius 1 is 1.24 bits per heavy atom. The van der Waals surface area contributed by atoms with Crippen molar-refractivity contribution in [2.24, 2.45) is 0 Å². The van der Waals surface area contributed by atoms with Gasteiger partial charge in [-0.15, -0.1) is 5.10 Å². The number of methoxy groups -OCH3 is 1. The molecular weight excluding hydrogens is 266 g/mol. The molecule has 1 aromatic carbocycles. The summed E-state index contributed by atoms with van der Waals surface area (Å²) >= 11 is 0. The number of aryl methyl sites for hydroxylation is 1. The lowest BCUT2D eigenvalue weighted by molar-refractivity contribution is 0.0682. The lowest BCUT2D eigenvalue weighted by atomic mass is 9.93. The summed E-state index contributed by atoms with van der Waals surface area (Å²) in [6.45, 7) is 2.06. The molecule has 1 aliphatic carbocycles. The van der Waals surface area contributed by atoms with Gasteiger partial charge in [-0.1, -0.05) is 6.07 Å². The minimum Gasteiger partial charge on any atom is -0.382 e. The SMILES string of the molecule is COC1CCC(Nc2ccc(C)c(-n3cnnn3)c2)CC1. The first-order valence-electron chi connectivity index (χ1n) is 7.39. The van der Waals surface area contributed by atoms with Gasteiger partial charge < -0.3 is 10.1 Å². The second-order valence-electron chi connectivity index (χ2n) is 5.61. The van der Waals surface area contributed by atoms with Gasteiger partial charge in [0.15, 0.2) is 0 Å². The second kappa shape index (κ2) is 6.22. The molecular formula is C15H21N5O. The summed E-state index contributed by atoms with van der Waals surface area (Å²) in [4.78, 5) is 0. The van der Waals surface area contributed by atoms with E-state index in [2.05, 4.69) is 46.0 Å². The summed E-state index contributed by atoms with van der Waals surface area (Å²) in [5, 5.41) is 15.0. The van der Waals surface area contributed by atoms with Crippen LogP contribution in [0, 0.1) is 6.92 Å². The van der Waals surface area contributed by atoms with Crippen LogP contribution in [0.5, 0.6) is 0 Å². The molecule has 6 nitrogen and oxygen atoms in total. The molecule has 21 heavy (non-hydrogen) atoms. The summed E-state index contributed by atoms with van der Waals surface area (Å²) in [7, 11) is 1.80. The first kappa shape index (κ1) is 14.0. The van der Waals surface area contributed by atoms with Gasteiger partial charge in [-0.3, -0.25) is 0 Å². The van der Waals surface area contributed by atoms with Crippen LogP contribution in [0.25, 0.3) is 5.69 Å². The van der Waals surface area contributed by atoms with E-state index >= 15 is 0 Å². The molecule has 1 aliphatic rings. The molecule has 0 aliphatic heterocycles. The quantitative estimate of drug-likeness (QED) is 0.935. The predicted octanol–water partition coefficient (Wildman–Crippen LogP) is 2.34. The number of aromatic nitrogens is 4. The van der Waals surface area contributed by atoms with E-state index in [9.17, 15) is 0 Å². The molecule has 1 fully saturated rings. The molecule has 2 aromatic rings. The Balaban J connectivity index is 1.71. The lowest BCUT2D eigenvalue weighted by Gasteiger charge is -2.29. The van der Waals surface area contributed by atoms with Crippen LogP contribution in [0.15, 0.2) is 24.5 Å². The van der Waals surface area contributed by atoms with Crippen molar-refractivity contribution in [3.63, 3.8) is 0 Å². The number of hydrogen-bond donors (Lipinski definition) is 1. The number of rotatable bonds is 4. The van der Waals surface area contributed by atoms with Crippen LogP contribution in [0.3, 0.4) is 0 Å². The zero-order valence-electron chi connectivity index (χ0n) is 12.5. The summed E-state index contributed by atoms with van der Waals surface area (Å²) in [6.07, 6.45) is 6.59. The van der Waals surface area contributed by atoms with Crippen molar-refractivity contribution >= 4 is 5.69 Å². The van der Waals surface area contributed by atoms with Crippen LogP contribution in [-0.2, 0) is 4.74 Å². The van der Waals surface area contributed by atoms with Crippen LogP contribution >= 0.6 is 0 Å². The minimum absolute atomic E-state index is 0.429. The van der Waals surface area contributed by atoms with Crippen LogP contribution in [0.1, 0.15) is 31.2 Å². The fourth-order valence-corrected chi connectivity index (χ4v) is 2.90. The van der Waals surface area contributed by atoms with Crippen LogP contribution in [0.4, 0.5) is 5.69 Å². The van der Waals surface area contributed by atoms with Crippen molar-refractivity contribution in [3.05, 3.63) is 30.1 Å². The Labute approximate surface area is 124 Å². The van der Waals surface area contributed by atoms with Gasteiger partial charge in [0.1, 0.15) is 6.33 Å². The summed E-state index contributed by atoms with van der Waals surface area (Å²) < 4.78 is 7.12. The predicted molar refractivity (Wildman–Crippen MR) is 80.6 cm³/mol. The Hall–Kier alpha value is -1.95. The fraction of sp³-hybridized carbons (Fsp3) is 0.533. The Morgan fingerprint density at radius 3 is 2.71 bits per heavy atom. The molecule has 1 saturated carbocycles. The van der Waals surface area contributed by atoms with E-state index in [1.807, 2.05) is 0 Å². The van der Waals surface area contributed by atoms with E-state index in [0.717, 1.165) is 42.6 Å². The number of nitrogens with zero attached hydrogens (tertiary/aromatic N) is 4. The number of tetrazole rings is 1. The molecule has 1 N–H and O–H groups in total. The molecule has 1 heterocycles. The van der Waals surface area contributed by atoms with E-state index in [1.165, 1.54) is 0 Å². The van der Waals surface area contributed by atoms with Crippen LogP contribution in [-0.4, -0.2) is 39.5 Å². The smallest absolute Gasteiger partial charge is 0.143 e. The summed E-state index contributed by atoms with van der Waals surface area (Å²) in [6, 6.07) is 6.83. The largest absolute Gasteiger partial charge is 0.382 e. The van der Waals surface area contributed by atoms with E-state index in [0.29, 0.717) is 12.1 Å². The van der Waals surface area contributed by atoms with Gasteiger partial charge in [-0.25, -0.2) is 4.68 Å². The number of benzene rings is 1. The highest BCUT2D eigenvalue weighted by molar-refractivity contribution is 5.55. The molecule has 0 saturated heterocycles. The minimum atomic E-state index is 0.429. The van der Waals surface area contributed by atoms with Crippen molar-refractivity contribution in [3.8, 4) is 5.69 Å². The van der Waals surface area contributed by atoms with Crippen molar-refractivity contribution in [1.29, 1.82) is 0 Å². The Morgan fingerprint density at radius 2 is 2.05 bits per heavy atom. The molecule has 3 rings (SSSR count). The lowest BCUT2D eigenvalue weighted by Crippen LogP contribution is -2.29. The third kappa shape index (κ3) is 3.21. The van der Waals surface area contributed by atoms with E-state index in [-0.39, 0.29) is 0 Å². The highest BCUT2D eigenvalue weighted by Crippen LogP contribution is 2.25. The van der Waals surface area contributed by atoms with E-state index in [4.69, 9.17) is 4.74 Å². The first-order valence-corrected chi connectivity index (χ1v) is 7.39. The zero-order valence-corrected chi connectivity index (χ0v) is 12.5. The average molecular weight is 287 g/mol. The highest BCUT2D eigenvalue weighted by Gasteiger charge is 2.20. The van der Waals surface area contributed by atoms with Crippen molar-refractivity contribution in [1.82, 2.24) is 20.2 Å². The summed E-state index contributed by atoms with van der Waals surface area (Å²) in [5.74, 6) is 0. The standard InChI is InChI=1S/C15H21N5O/c1-11-3-4-13(9-15(11)20-10-16-18-19-20)17-12-5-7-14(21-2)8-6-12/h3-4,9-10,12,14,17H,5-8H2,1-2H3. The van der Waals surface area contributed by atoms with Crippen LogP contribution in [0.2, 0.25) is 0 Å². The third-order valence-corrected chi connectivity index (χ3v) is 4.18. The molecule has 6 heteroatoms. The second-order valence-corrected chi connectivity index (χ2v) is 5.61. The zero-order chi connectivity index (χ0) is 14.7. The molecule has 0 bridgehead atoms. The Kier molecular flexibility index (Phi) is 4.15. The first-order chi connectivity index (χ1) is 10.3. The number of nitrogens with one attached hydrogen (secondary N) is 1. The van der Waals surface area contributed by atoms with E-state index in [1.54, 1.807) is 18.1 Å². The van der Waals surface area contributed by atoms with Crippen molar-refractivity contribution in [2.75, 3.05) is 12.4 Å². The topological polar surface area (TPSA) is 64.9 Å². The molecule has 112 valence electrons.